The molecule has 92 valence electrons. The van der Waals surface area contributed by atoms with Gasteiger partial charge in [-0.1, -0.05) is 25.3 Å². The molecule has 0 amide bonds. The van der Waals surface area contributed by atoms with Gasteiger partial charge in [0.15, 0.2) is 0 Å². The fourth-order valence-electron chi connectivity index (χ4n) is 3.08. The minimum atomic E-state index is 0.119. The van der Waals surface area contributed by atoms with Crippen molar-refractivity contribution in [2.24, 2.45) is 0 Å². The number of pyridine rings is 1. The molecule has 0 aromatic carbocycles. The molecule has 0 unspecified atom stereocenters. The largest absolute Gasteiger partial charge is 0.371 e. The highest BCUT2D eigenvalue weighted by molar-refractivity contribution is 5.39. The second kappa shape index (κ2) is 4.65. The molecule has 1 aliphatic carbocycles. The maximum atomic E-state index is 6.09. The number of anilines is 1. The maximum Gasteiger partial charge on any atom is 0.128 e. The first kappa shape index (κ1) is 11.0. The third-order valence-corrected chi connectivity index (χ3v) is 3.99. The molecule has 3 nitrogen and oxygen atoms in total. The average molecular weight is 232 g/mol. The lowest BCUT2D eigenvalue weighted by Crippen LogP contribution is -2.53. The molecule has 1 saturated heterocycles. The first-order chi connectivity index (χ1) is 8.38. The highest BCUT2D eigenvalue weighted by Crippen LogP contribution is 2.35. The number of morpholine rings is 1. The van der Waals surface area contributed by atoms with Crippen LogP contribution in [0.15, 0.2) is 24.4 Å². The normalized spacial score (nSPS) is 23.9. The second-order valence-electron chi connectivity index (χ2n) is 5.20. The molecule has 1 aliphatic heterocycles. The van der Waals surface area contributed by atoms with Crippen molar-refractivity contribution in [3.05, 3.63) is 24.4 Å². The highest BCUT2D eigenvalue weighted by atomic mass is 16.5. The second-order valence-corrected chi connectivity index (χ2v) is 5.20. The van der Waals surface area contributed by atoms with Gasteiger partial charge >= 0.3 is 0 Å². The van der Waals surface area contributed by atoms with Crippen LogP contribution in [0.25, 0.3) is 0 Å². The van der Waals surface area contributed by atoms with Gasteiger partial charge in [0.1, 0.15) is 5.82 Å². The van der Waals surface area contributed by atoms with Gasteiger partial charge in [0.05, 0.1) is 12.2 Å². The van der Waals surface area contributed by atoms with Gasteiger partial charge in [-0.3, -0.25) is 0 Å². The summed E-state index contributed by atoms with van der Waals surface area (Å²) < 4.78 is 6.09. The Bertz CT molecular complexity index is 354. The lowest BCUT2D eigenvalue weighted by Gasteiger charge is -2.45. The van der Waals surface area contributed by atoms with E-state index in [1.54, 1.807) is 0 Å². The summed E-state index contributed by atoms with van der Waals surface area (Å²) in [5.74, 6) is 1.10. The Morgan fingerprint density at radius 3 is 2.82 bits per heavy atom. The molecule has 2 heterocycles. The molecule has 0 atom stereocenters. The van der Waals surface area contributed by atoms with E-state index in [9.17, 15) is 0 Å². The van der Waals surface area contributed by atoms with Crippen molar-refractivity contribution < 1.29 is 4.74 Å². The third-order valence-electron chi connectivity index (χ3n) is 3.99. The Balaban J connectivity index is 1.75. The van der Waals surface area contributed by atoms with Crippen molar-refractivity contribution in [1.29, 1.82) is 0 Å². The van der Waals surface area contributed by atoms with E-state index in [-0.39, 0.29) is 5.60 Å². The molecule has 1 aromatic heterocycles. The summed E-state index contributed by atoms with van der Waals surface area (Å²) in [6.45, 7) is 2.83. The van der Waals surface area contributed by atoms with Crippen molar-refractivity contribution in [3.8, 4) is 0 Å². The molecule has 0 bridgehead atoms. The Hall–Kier alpha value is -1.09. The Morgan fingerprint density at radius 2 is 2.06 bits per heavy atom. The van der Waals surface area contributed by atoms with Crippen LogP contribution in [0.1, 0.15) is 32.1 Å². The smallest absolute Gasteiger partial charge is 0.128 e. The highest BCUT2D eigenvalue weighted by Gasteiger charge is 2.37. The summed E-state index contributed by atoms with van der Waals surface area (Å²) in [7, 11) is 0. The lowest BCUT2D eigenvalue weighted by atomic mass is 9.83. The van der Waals surface area contributed by atoms with Crippen LogP contribution in [0.4, 0.5) is 5.82 Å². The predicted octanol–water partition coefficient (Wildman–Crippen LogP) is 2.62. The van der Waals surface area contributed by atoms with Gasteiger partial charge in [0, 0.05) is 19.3 Å². The fourth-order valence-corrected chi connectivity index (χ4v) is 3.08. The van der Waals surface area contributed by atoms with E-state index in [2.05, 4.69) is 22.0 Å². The molecule has 2 fully saturated rings. The number of nitrogens with zero attached hydrogens (tertiary/aromatic N) is 2. The van der Waals surface area contributed by atoms with E-state index < -0.39 is 0 Å². The summed E-state index contributed by atoms with van der Waals surface area (Å²) in [6, 6.07) is 6.13. The molecule has 3 rings (SSSR count). The van der Waals surface area contributed by atoms with Crippen molar-refractivity contribution >= 4 is 5.82 Å². The van der Waals surface area contributed by atoms with Gasteiger partial charge in [-0.15, -0.1) is 0 Å². The molecule has 1 saturated carbocycles. The van der Waals surface area contributed by atoms with Gasteiger partial charge in [0.2, 0.25) is 0 Å². The standard InChI is InChI=1S/C14H20N2O/c1-3-7-14(8-4-1)12-16(10-11-17-14)13-6-2-5-9-15-13/h2,5-6,9H,1,3-4,7-8,10-12H2. The van der Waals surface area contributed by atoms with E-state index >= 15 is 0 Å². The van der Waals surface area contributed by atoms with Gasteiger partial charge < -0.3 is 9.64 Å². The molecule has 0 N–H and O–H groups in total. The Kier molecular flexibility index (Phi) is 3.02. The zero-order valence-corrected chi connectivity index (χ0v) is 10.3. The van der Waals surface area contributed by atoms with Gasteiger partial charge in [-0.05, 0) is 25.0 Å². The molecule has 1 aromatic rings. The number of rotatable bonds is 1. The van der Waals surface area contributed by atoms with Crippen LogP contribution >= 0.6 is 0 Å². The molecule has 1 spiro atoms. The summed E-state index contributed by atoms with van der Waals surface area (Å²) in [5, 5.41) is 0. The third kappa shape index (κ3) is 2.29. The zero-order valence-electron chi connectivity index (χ0n) is 10.3. The summed E-state index contributed by atoms with van der Waals surface area (Å²) in [5.41, 5.74) is 0.119. The van der Waals surface area contributed by atoms with Crippen molar-refractivity contribution in [2.45, 2.75) is 37.7 Å². The van der Waals surface area contributed by atoms with Crippen LogP contribution in [0.2, 0.25) is 0 Å². The number of hydrogen-bond donors (Lipinski definition) is 0. The molecular weight excluding hydrogens is 212 g/mol. The topological polar surface area (TPSA) is 25.4 Å². The Labute approximate surface area is 103 Å². The molecule has 3 heteroatoms. The minimum absolute atomic E-state index is 0.119. The van der Waals surface area contributed by atoms with E-state index in [0.717, 1.165) is 25.5 Å². The minimum Gasteiger partial charge on any atom is -0.371 e. The fraction of sp³-hybridized carbons (Fsp3) is 0.643. The van der Waals surface area contributed by atoms with Gasteiger partial charge in [-0.2, -0.15) is 0 Å². The maximum absolute atomic E-state index is 6.09. The molecular formula is C14H20N2O. The number of hydrogen-bond acceptors (Lipinski definition) is 3. The van der Waals surface area contributed by atoms with Crippen LogP contribution in [-0.4, -0.2) is 30.3 Å². The van der Waals surface area contributed by atoms with E-state index in [1.807, 2.05) is 12.3 Å². The first-order valence-corrected chi connectivity index (χ1v) is 6.68. The first-order valence-electron chi connectivity index (χ1n) is 6.68. The lowest BCUT2D eigenvalue weighted by molar-refractivity contribution is -0.0783. The quantitative estimate of drug-likeness (QED) is 0.744. The van der Waals surface area contributed by atoms with E-state index in [1.165, 1.54) is 32.1 Å². The summed E-state index contributed by atoms with van der Waals surface area (Å²) in [4.78, 5) is 6.83. The van der Waals surface area contributed by atoms with Crippen LogP contribution < -0.4 is 4.90 Å². The molecule has 17 heavy (non-hydrogen) atoms. The van der Waals surface area contributed by atoms with E-state index in [4.69, 9.17) is 4.74 Å². The van der Waals surface area contributed by atoms with Crippen LogP contribution in [0, 0.1) is 0 Å². The monoisotopic (exact) mass is 232 g/mol. The number of ether oxygens (including phenoxy) is 1. The summed E-state index contributed by atoms with van der Waals surface area (Å²) >= 11 is 0. The van der Waals surface area contributed by atoms with Crippen LogP contribution in [-0.2, 0) is 4.74 Å². The SMILES string of the molecule is c1ccc(N2CCOC3(CCCCC3)C2)nc1. The van der Waals surface area contributed by atoms with Crippen molar-refractivity contribution in [1.82, 2.24) is 4.98 Å². The van der Waals surface area contributed by atoms with Crippen molar-refractivity contribution in [3.63, 3.8) is 0 Å². The Morgan fingerprint density at radius 1 is 1.18 bits per heavy atom. The van der Waals surface area contributed by atoms with Crippen molar-refractivity contribution in [2.75, 3.05) is 24.6 Å². The summed E-state index contributed by atoms with van der Waals surface area (Å²) in [6.07, 6.45) is 8.31. The molecule has 0 radical (unpaired) electrons. The zero-order chi connectivity index (χ0) is 11.6. The van der Waals surface area contributed by atoms with Crippen LogP contribution in [0.3, 0.4) is 0 Å². The predicted molar refractivity (Wildman–Crippen MR) is 68.2 cm³/mol. The van der Waals surface area contributed by atoms with Crippen LogP contribution in [0.5, 0.6) is 0 Å². The van der Waals surface area contributed by atoms with E-state index in [0.29, 0.717) is 0 Å². The van der Waals surface area contributed by atoms with Gasteiger partial charge in [0.25, 0.3) is 0 Å². The average Bonchev–Trinajstić information content (AvgIpc) is 2.41. The number of aromatic nitrogens is 1. The molecule has 2 aliphatic rings. The van der Waals surface area contributed by atoms with Gasteiger partial charge in [-0.25, -0.2) is 4.98 Å².